The minimum atomic E-state index is -0.475. The molecule has 0 aliphatic carbocycles. The van der Waals surface area contributed by atoms with Gasteiger partial charge < -0.3 is 14.2 Å². The topological polar surface area (TPSA) is 99.6 Å². The van der Waals surface area contributed by atoms with Gasteiger partial charge in [0.2, 0.25) is 0 Å². The van der Waals surface area contributed by atoms with Crippen molar-refractivity contribution in [3.8, 4) is 28.9 Å². The van der Waals surface area contributed by atoms with E-state index in [1.165, 1.54) is 7.11 Å². The van der Waals surface area contributed by atoms with Crippen LogP contribution in [0.5, 0.6) is 17.2 Å². The number of hydrogen-bond acceptors (Lipinski definition) is 8. The second-order valence-electron chi connectivity index (χ2n) is 7.46. The molecule has 9 nitrogen and oxygen atoms in total. The van der Waals surface area contributed by atoms with Crippen molar-refractivity contribution in [3.05, 3.63) is 83.8 Å². The molecule has 1 aliphatic heterocycles. The number of fused-ring (bicyclic) bond motifs is 1. The SMILES string of the molecule is COc1cccc(C2c3cc(OC)c(OC)cc3C(=O)N2c2ccnc(-c3ncccn3)n2)c1. The van der Waals surface area contributed by atoms with Gasteiger partial charge in [-0.3, -0.25) is 9.69 Å². The standard InChI is InChI=1S/C25H21N5O4/c1-32-16-7-4-6-15(12-16)22-17-13-19(33-2)20(34-3)14-18(17)25(31)30(22)21-8-11-28-24(29-21)23-26-9-5-10-27-23/h4-14,22H,1-3H3. The maximum absolute atomic E-state index is 13.8. The lowest BCUT2D eigenvalue weighted by Crippen LogP contribution is -2.29. The average Bonchev–Trinajstić information content (AvgIpc) is 3.19. The third kappa shape index (κ3) is 3.57. The number of ether oxygens (including phenoxy) is 3. The smallest absolute Gasteiger partial charge is 0.260 e. The summed E-state index contributed by atoms with van der Waals surface area (Å²) in [7, 11) is 4.71. The molecule has 0 saturated heterocycles. The molecular weight excluding hydrogens is 434 g/mol. The van der Waals surface area contributed by atoms with Gasteiger partial charge in [0.25, 0.3) is 5.91 Å². The molecule has 1 atom stereocenters. The molecule has 0 radical (unpaired) electrons. The van der Waals surface area contributed by atoms with Crippen LogP contribution < -0.4 is 19.1 Å². The van der Waals surface area contributed by atoms with Crippen LogP contribution in [-0.4, -0.2) is 47.2 Å². The molecule has 0 N–H and O–H groups in total. The van der Waals surface area contributed by atoms with Gasteiger partial charge in [-0.15, -0.1) is 0 Å². The maximum Gasteiger partial charge on any atom is 0.260 e. The fourth-order valence-electron chi connectivity index (χ4n) is 4.07. The van der Waals surface area contributed by atoms with Gasteiger partial charge in [-0.05, 0) is 47.5 Å². The van der Waals surface area contributed by atoms with Crippen LogP contribution in [0.1, 0.15) is 27.5 Å². The number of methoxy groups -OCH3 is 3. The molecule has 0 fully saturated rings. The van der Waals surface area contributed by atoms with Gasteiger partial charge in [0.05, 0.1) is 27.4 Å². The Hall–Kier alpha value is -4.53. The molecule has 9 heteroatoms. The Balaban J connectivity index is 1.70. The van der Waals surface area contributed by atoms with Crippen LogP contribution in [0.2, 0.25) is 0 Å². The maximum atomic E-state index is 13.8. The summed E-state index contributed by atoms with van der Waals surface area (Å²) in [5.41, 5.74) is 2.13. The fourth-order valence-corrected chi connectivity index (χ4v) is 4.07. The van der Waals surface area contributed by atoms with E-state index in [-0.39, 0.29) is 5.91 Å². The highest BCUT2D eigenvalue weighted by molar-refractivity contribution is 6.11. The highest BCUT2D eigenvalue weighted by atomic mass is 16.5. The zero-order chi connectivity index (χ0) is 23.7. The predicted molar refractivity (Wildman–Crippen MR) is 124 cm³/mol. The minimum Gasteiger partial charge on any atom is -0.497 e. The van der Waals surface area contributed by atoms with E-state index in [1.807, 2.05) is 30.3 Å². The summed E-state index contributed by atoms with van der Waals surface area (Å²) in [6.07, 6.45) is 4.83. The number of rotatable bonds is 6. The zero-order valence-electron chi connectivity index (χ0n) is 18.8. The summed E-state index contributed by atoms with van der Waals surface area (Å²) in [6.45, 7) is 0. The van der Waals surface area contributed by atoms with Crippen LogP contribution in [0.4, 0.5) is 5.82 Å². The van der Waals surface area contributed by atoms with Gasteiger partial charge in [-0.25, -0.2) is 19.9 Å². The van der Waals surface area contributed by atoms with Crippen LogP contribution in [0.25, 0.3) is 11.6 Å². The zero-order valence-corrected chi connectivity index (χ0v) is 18.8. The number of nitrogens with zero attached hydrogens (tertiary/aromatic N) is 5. The van der Waals surface area contributed by atoms with Crippen LogP contribution in [0.3, 0.4) is 0 Å². The summed E-state index contributed by atoms with van der Waals surface area (Å²) < 4.78 is 16.4. The van der Waals surface area contributed by atoms with Gasteiger partial charge in [-0.2, -0.15) is 0 Å². The molecule has 0 spiro atoms. The van der Waals surface area contributed by atoms with E-state index in [2.05, 4.69) is 19.9 Å². The van der Waals surface area contributed by atoms with Crippen molar-refractivity contribution < 1.29 is 19.0 Å². The number of benzene rings is 2. The molecule has 2 aromatic carbocycles. The number of hydrogen-bond donors (Lipinski definition) is 0. The lowest BCUT2D eigenvalue weighted by atomic mass is 9.97. The molecule has 1 amide bonds. The van der Waals surface area contributed by atoms with E-state index in [4.69, 9.17) is 14.2 Å². The number of carbonyl (C=O) groups excluding carboxylic acids is 1. The van der Waals surface area contributed by atoms with Gasteiger partial charge >= 0.3 is 0 Å². The van der Waals surface area contributed by atoms with E-state index in [0.29, 0.717) is 40.3 Å². The highest BCUT2D eigenvalue weighted by Crippen LogP contribution is 2.45. The molecule has 3 heterocycles. The fraction of sp³-hybridized carbons (Fsp3) is 0.160. The van der Waals surface area contributed by atoms with Gasteiger partial charge in [0, 0.05) is 24.2 Å². The molecule has 5 rings (SSSR count). The van der Waals surface area contributed by atoms with E-state index in [0.717, 1.165) is 11.1 Å². The second-order valence-corrected chi connectivity index (χ2v) is 7.46. The molecule has 170 valence electrons. The Bertz CT molecular complexity index is 1360. The highest BCUT2D eigenvalue weighted by Gasteiger charge is 2.41. The number of anilines is 1. The summed E-state index contributed by atoms with van der Waals surface area (Å²) >= 11 is 0. The Morgan fingerprint density at radius 1 is 0.794 bits per heavy atom. The van der Waals surface area contributed by atoms with Crippen molar-refractivity contribution in [2.45, 2.75) is 6.04 Å². The van der Waals surface area contributed by atoms with Gasteiger partial charge in [-0.1, -0.05) is 12.1 Å². The number of amides is 1. The molecule has 2 aromatic heterocycles. The summed E-state index contributed by atoms with van der Waals surface area (Å²) in [6, 6.07) is 14.1. The normalized spacial score (nSPS) is 14.6. The van der Waals surface area contributed by atoms with Gasteiger partial charge in [0.15, 0.2) is 23.1 Å². The monoisotopic (exact) mass is 455 g/mol. The first-order chi connectivity index (χ1) is 16.6. The molecular formula is C25H21N5O4. The van der Waals surface area contributed by atoms with Crippen molar-refractivity contribution in [1.29, 1.82) is 0 Å². The van der Waals surface area contributed by atoms with Crippen molar-refractivity contribution in [3.63, 3.8) is 0 Å². The lowest BCUT2D eigenvalue weighted by molar-refractivity contribution is 0.0992. The van der Waals surface area contributed by atoms with E-state index in [9.17, 15) is 4.79 Å². The van der Waals surface area contributed by atoms with Crippen LogP contribution in [-0.2, 0) is 0 Å². The van der Waals surface area contributed by atoms with Gasteiger partial charge in [0.1, 0.15) is 11.6 Å². The third-order valence-corrected chi connectivity index (χ3v) is 5.62. The van der Waals surface area contributed by atoms with Crippen molar-refractivity contribution in [2.75, 3.05) is 26.2 Å². The average molecular weight is 455 g/mol. The summed E-state index contributed by atoms with van der Waals surface area (Å²) in [5.74, 6) is 2.58. The Kier molecular flexibility index (Phi) is 5.51. The van der Waals surface area contributed by atoms with E-state index < -0.39 is 6.04 Å². The van der Waals surface area contributed by atoms with Crippen LogP contribution in [0, 0.1) is 0 Å². The third-order valence-electron chi connectivity index (χ3n) is 5.62. The largest absolute Gasteiger partial charge is 0.497 e. The first-order valence-corrected chi connectivity index (χ1v) is 10.5. The molecule has 4 aromatic rings. The minimum absolute atomic E-state index is 0.220. The van der Waals surface area contributed by atoms with Crippen molar-refractivity contribution in [2.24, 2.45) is 0 Å². The van der Waals surface area contributed by atoms with Crippen molar-refractivity contribution in [1.82, 2.24) is 19.9 Å². The Labute approximate surface area is 196 Å². The van der Waals surface area contributed by atoms with Crippen LogP contribution in [0.15, 0.2) is 67.1 Å². The molecule has 0 saturated carbocycles. The quantitative estimate of drug-likeness (QED) is 0.434. The molecule has 34 heavy (non-hydrogen) atoms. The Morgan fingerprint density at radius 2 is 1.53 bits per heavy atom. The summed E-state index contributed by atoms with van der Waals surface area (Å²) in [4.78, 5) is 32.8. The van der Waals surface area contributed by atoms with E-state index in [1.54, 1.807) is 55.9 Å². The molecule has 0 bridgehead atoms. The first kappa shape index (κ1) is 21.3. The lowest BCUT2D eigenvalue weighted by Gasteiger charge is -2.25. The van der Waals surface area contributed by atoms with Crippen LogP contribution >= 0.6 is 0 Å². The Morgan fingerprint density at radius 3 is 2.26 bits per heavy atom. The second kappa shape index (κ2) is 8.78. The number of carbonyl (C=O) groups is 1. The summed E-state index contributed by atoms with van der Waals surface area (Å²) in [5, 5.41) is 0. The first-order valence-electron chi connectivity index (χ1n) is 10.5. The van der Waals surface area contributed by atoms with Crippen molar-refractivity contribution >= 4 is 11.7 Å². The number of aromatic nitrogens is 4. The molecule has 1 unspecified atom stereocenters. The molecule has 1 aliphatic rings. The predicted octanol–water partition coefficient (Wildman–Crippen LogP) is 3.71. The van der Waals surface area contributed by atoms with E-state index >= 15 is 0 Å².